The molecule has 2 aromatic carbocycles. The van der Waals surface area contributed by atoms with Crippen LogP contribution in [0.25, 0.3) is 0 Å². The average molecular weight is 648 g/mol. The Morgan fingerprint density at radius 1 is 0.822 bits per heavy atom. The first kappa shape index (κ1) is 33.6. The summed E-state index contributed by atoms with van der Waals surface area (Å²) in [6.07, 6.45) is -9.25. The number of anilines is 1. The summed E-state index contributed by atoms with van der Waals surface area (Å²) in [6.45, 7) is 0.0530. The van der Waals surface area contributed by atoms with Gasteiger partial charge in [-0.2, -0.15) is 26.3 Å². The molecule has 1 aliphatic carbocycles. The number of hydrogen-bond acceptors (Lipinski definition) is 3. The topological polar surface area (TPSA) is 105 Å². The molecule has 0 aromatic heterocycles. The maximum Gasteiger partial charge on any atom is 0.416 e. The minimum Gasteiger partial charge on any atom is -0.465 e. The zero-order valence-electron chi connectivity index (χ0n) is 24.3. The minimum atomic E-state index is -5.11. The molecule has 2 fully saturated rings. The monoisotopic (exact) mass is 647 g/mol. The predicted molar refractivity (Wildman–Crippen MR) is 148 cm³/mol. The lowest BCUT2D eigenvalue weighted by molar-refractivity contribution is -0.143. The van der Waals surface area contributed by atoms with Gasteiger partial charge in [-0.15, -0.1) is 0 Å². The molecule has 1 saturated carbocycles. The van der Waals surface area contributed by atoms with E-state index in [0.717, 1.165) is 11.9 Å². The van der Waals surface area contributed by atoms with Crippen molar-refractivity contribution >= 4 is 23.8 Å². The molecule has 2 atom stereocenters. The molecule has 2 aromatic rings. The van der Waals surface area contributed by atoms with E-state index >= 15 is 0 Å². The maximum atomic E-state index is 13.7. The molecule has 16 heteroatoms. The number of nitrogens with one attached hydrogen (secondary N) is 2. The number of hydrogen-bond donors (Lipinski definition) is 3. The van der Waals surface area contributed by atoms with Gasteiger partial charge >= 0.3 is 30.5 Å². The van der Waals surface area contributed by atoms with Gasteiger partial charge in [-0.05, 0) is 61.6 Å². The standard InChI is InChI=1S/C29H32F7N5O4/c1-39(22-12-17(28(31,32)33)11-18(13-22)29(34,35)36)27(45)40(2)24-15-41(14-23(24)16-3-5-19(30)6-4-16)25(42)37-20-7-9-21(10-8-20)38-26(43)44/h3-6,11-13,20-21,23-24,38H,7-10,14-15H2,1-2H3,(H,37,42)(H,43,44)/t20?,21?,23-,24+/m0/s1. The SMILES string of the molecule is CN(C(=O)N(C)[C@@H]1CN(C(=O)NC2CCC(NC(=O)O)CC2)C[C@H]1c1ccc(F)cc1)c1cc(C(F)(F)F)cc(C(F)(F)F)c1. The predicted octanol–water partition coefficient (Wildman–Crippen LogP) is 6.11. The second-order valence-electron chi connectivity index (χ2n) is 11.3. The summed E-state index contributed by atoms with van der Waals surface area (Å²) in [7, 11) is 2.38. The Balaban J connectivity index is 1.55. The minimum absolute atomic E-state index is 0.0291. The first-order chi connectivity index (χ1) is 20.9. The van der Waals surface area contributed by atoms with Crippen molar-refractivity contribution in [1.29, 1.82) is 0 Å². The average Bonchev–Trinajstić information content (AvgIpc) is 3.42. The smallest absolute Gasteiger partial charge is 0.416 e. The highest BCUT2D eigenvalue weighted by molar-refractivity contribution is 5.92. The van der Waals surface area contributed by atoms with Crippen molar-refractivity contribution in [3.05, 3.63) is 65.0 Å². The first-order valence-electron chi connectivity index (χ1n) is 14.0. The fraction of sp³-hybridized carbons (Fsp3) is 0.483. The van der Waals surface area contributed by atoms with Crippen LogP contribution in [0.2, 0.25) is 0 Å². The van der Waals surface area contributed by atoms with E-state index in [1.54, 1.807) is 0 Å². The van der Waals surface area contributed by atoms with E-state index in [9.17, 15) is 45.1 Å². The maximum absolute atomic E-state index is 13.7. The van der Waals surface area contributed by atoms with E-state index in [0.29, 0.717) is 48.3 Å². The molecule has 45 heavy (non-hydrogen) atoms. The van der Waals surface area contributed by atoms with Crippen LogP contribution in [0.5, 0.6) is 0 Å². The highest BCUT2D eigenvalue weighted by atomic mass is 19.4. The number of nitrogens with zero attached hydrogens (tertiary/aromatic N) is 3. The van der Waals surface area contributed by atoms with Gasteiger partial charge < -0.3 is 25.5 Å². The molecular weight excluding hydrogens is 615 g/mol. The van der Waals surface area contributed by atoms with E-state index in [4.69, 9.17) is 5.11 Å². The van der Waals surface area contributed by atoms with Crippen molar-refractivity contribution in [3.63, 3.8) is 0 Å². The van der Waals surface area contributed by atoms with Crippen LogP contribution < -0.4 is 15.5 Å². The van der Waals surface area contributed by atoms with Crippen LogP contribution in [0, 0.1) is 5.82 Å². The van der Waals surface area contributed by atoms with Gasteiger partial charge in [0.1, 0.15) is 5.82 Å². The van der Waals surface area contributed by atoms with Crippen LogP contribution in [0.15, 0.2) is 42.5 Å². The highest BCUT2D eigenvalue weighted by Crippen LogP contribution is 2.39. The van der Waals surface area contributed by atoms with Crippen molar-refractivity contribution in [2.24, 2.45) is 0 Å². The zero-order valence-corrected chi connectivity index (χ0v) is 24.3. The second kappa shape index (κ2) is 13.0. The normalized spacial score (nSPS) is 22.1. The summed E-state index contributed by atoms with van der Waals surface area (Å²) >= 11 is 0. The molecule has 5 amide bonds. The van der Waals surface area contributed by atoms with Gasteiger partial charge in [0.25, 0.3) is 0 Å². The Labute approximate surface area is 253 Å². The molecule has 2 aliphatic rings. The number of rotatable bonds is 5. The van der Waals surface area contributed by atoms with Gasteiger partial charge in [-0.3, -0.25) is 4.90 Å². The highest BCUT2D eigenvalue weighted by Gasteiger charge is 2.42. The van der Waals surface area contributed by atoms with Crippen molar-refractivity contribution in [1.82, 2.24) is 20.4 Å². The van der Waals surface area contributed by atoms with E-state index in [1.165, 1.54) is 36.2 Å². The quantitative estimate of drug-likeness (QED) is 0.341. The van der Waals surface area contributed by atoms with Crippen LogP contribution in [-0.2, 0) is 12.4 Å². The number of likely N-dealkylation sites (N-methyl/N-ethyl adjacent to an activating group) is 1. The molecular formula is C29H32F7N5O4. The molecule has 3 N–H and O–H groups in total. The summed E-state index contributed by atoms with van der Waals surface area (Å²) in [4.78, 5) is 41.0. The summed E-state index contributed by atoms with van der Waals surface area (Å²) < 4.78 is 94.4. The van der Waals surface area contributed by atoms with E-state index < -0.39 is 65.1 Å². The number of urea groups is 2. The largest absolute Gasteiger partial charge is 0.465 e. The Hall–Kier alpha value is -4.24. The lowest BCUT2D eigenvalue weighted by Gasteiger charge is -2.33. The molecule has 246 valence electrons. The van der Waals surface area contributed by atoms with Gasteiger partial charge in [0, 0.05) is 50.9 Å². The van der Waals surface area contributed by atoms with Gasteiger partial charge in [0.05, 0.1) is 17.2 Å². The Morgan fingerprint density at radius 2 is 1.33 bits per heavy atom. The van der Waals surface area contributed by atoms with E-state index in [1.807, 2.05) is 0 Å². The molecule has 9 nitrogen and oxygen atoms in total. The van der Waals surface area contributed by atoms with Crippen LogP contribution in [0.3, 0.4) is 0 Å². The molecule has 0 spiro atoms. The van der Waals surface area contributed by atoms with E-state index in [2.05, 4.69) is 10.6 Å². The molecule has 0 bridgehead atoms. The number of amides is 5. The molecule has 0 unspecified atom stereocenters. The number of carbonyl (C=O) groups is 3. The van der Waals surface area contributed by atoms with Gasteiger partial charge in [0.2, 0.25) is 0 Å². The number of likely N-dealkylation sites (tertiary alicyclic amines) is 1. The molecule has 1 aliphatic heterocycles. The number of carboxylic acid groups (broad SMARTS) is 1. The zero-order chi connectivity index (χ0) is 33.3. The summed E-state index contributed by atoms with van der Waals surface area (Å²) in [6, 6.07) is 3.62. The van der Waals surface area contributed by atoms with Gasteiger partial charge in [0.15, 0.2) is 0 Å². The van der Waals surface area contributed by atoms with Crippen LogP contribution in [0.4, 0.5) is 50.8 Å². The summed E-state index contributed by atoms with van der Waals surface area (Å²) in [5, 5.41) is 14.3. The number of benzene rings is 2. The number of alkyl halides is 6. The Morgan fingerprint density at radius 3 is 1.82 bits per heavy atom. The molecule has 0 radical (unpaired) electrons. The van der Waals surface area contributed by atoms with Crippen molar-refractivity contribution in [3.8, 4) is 0 Å². The molecule has 4 rings (SSSR count). The van der Waals surface area contributed by atoms with Crippen molar-refractivity contribution in [2.75, 3.05) is 32.1 Å². The lowest BCUT2D eigenvalue weighted by atomic mass is 9.91. The fourth-order valence-electron chi connectivity index (χ4n) is 5.83. The second-order valence-corrected chi connectivity index (χ2v) is 11.3. The van der Waals surface area contributed by atoms with Gasteiger partial charge in [-0.25, -0.2) is 18.8 Å². The van der Waals surface area contributed by atoms with Gasteiger partial charge in [-0.1, -0.05) is 12.1 Å². The van der Waals surface area contributed by atoms with Crippen LogP contribution >= 0.6 is 0 Å². The van der Waals surface area contributed by atoms with Crippen LogP contribution in [-0.4, -0.2) is 78.4 Å². The van der Waals surface area contributed by atoms with Crippen molar-refractivity contribution < 1.29 is 50.2 Å². The van der Waals surface area contributed by atoms with E-state index in [-0.39, 0.29) is 31.2 Å². The third-order valence-corrected chi connectivity index (χ3v) is 8.30. The first-order valence-corrected chi connectivity index (χ1v) is 14.0. The third-order valence-electron chi connectivity index (χ3n) is 8.30. The number of carbonyl (C=O) groups excluding carboxylic acids is 2. The molecule has 1 heterocycles. The lowest BCUT2D eigenvalue weighted by Crippen LogP contribution is -2.49. The van der Waals surface area contributed by atoms with Crippen molar-refractivity contribution in [2.45, 2.75) is 62.1 Å². The summed E-state index contributed by atoms with van der Waals surface area (Å²) in [5.41, 5.74) is -3.21. The molecule has 1 saturated heterocycles. The fourth-order valence-corrected chi connectivity index (χ4v) is 5.83. The van der Waals surface area contributed by atoms with Crippen LogP contribution in [0.1, 0.15) is 48.3 Å². The summed E-state index contributed by atoms with van der Waals surface area (Å²) in [5.74, 6) is -1.09. The number of halogens is 7. The Kier molecular flexibility index (Phi) is 9.73. The third kappa shape index (κ3) is 8.08. The Bertz CT molecular complexity index is 1360.